The van der Waals surface area contributed by atoms with Crippen molar-refractivity contribution in [2.75, 3.05) is 7.11 Å². The first-order chi connectivity index (χ1) is 13.6. The number of rotatable bonds is 4. The van der Waals surface area contributed by atoms with Gasteiger partial charge >= 0.3 is 12.1 Å². The summed E-state index contributed by atoms with van der Waals surface area (Å²) in [5.74, 6) is -0.854. The Balaban J connectivity index is 2.38. The van der Waals surface area contributed by atoms with Crippen molar-refractivity contribution in [2.24, 2.45) is 0 Å². The number of carbonyl (C=O) groups is 1. The molecule has 0 saturated carbocycles. The van der Waals surface area contributed by atoms with Crippen LogP contribution in [0.3, 0.4) is 0 Å². The summed E-state index contributed by atoms with van der Waals surface area (Å²) < 4.78 is 44.4. The normalized spacial score (nSPS) is 11.6. The third-order valence-corrected chi connectivity index (χ3v) is 4.71. The number of ether oxygens (including phenoxy) is 1. The number of esters is 1. The molecule has 29 heavy (non-hydrogen) atoms. The number of halogens is 4. The van der Waals surface area contributed by atoms with Gasteiger partial charge in [-0.3, -0.25) is 9.59 Å². The van der Waals surface area contributed by atoms with Crippen molar-refractivity contribution >= 4 is 28.5 Å². The fourth-order valence-corrected chi connectivity index (χ4v) is 3.27. The summed E-state index contributed by atoms with van der Waals surface area (Å²) in [5.41, 5.74) is -1.14. The minimum atomic E-state index is -4.61. The summed E-state index contributed by atoms with van der Waals surface area (Å²) in [5, 5.41) is 10.6. The van der Waals surface area contributed by atoms with Gasteiger partial charge in [0.15, 0.2) is 0 Å². The lowest BCUT2D eigenvalue weighted by atomic mass is 9.92. The van der Waals surface area contributed by atoms with Crippen LogP contribution in [0.2, 0.25) is 5.02 Å². The zero-order chi connectivity index (χ0) is 21.3. The summed E-state index contributed by atoms with van der Waals surface area (Å²) in [7, 11) is 1.19. The number of phenolic OH excluding ortho intramolecular Hbond substituents is 1. The lowest BCUT2D eigenvalue weighted by molar-refractivity contribution is -0.140. The van der Waals surface area contributed by atoms with E-state index in [1.807, 2.05) is 0 Å². The van der Waals surface area contributed by atoms with Gasteiger partial charge in [-0.15, -0.1) is 0 Å². The third kappa shape index (κ3) is 4.22. The molecular weight excluding hydrogens is 411 g/mol. The second-order valence-corrected chi connectivity index (χ2v) is 6.74. The monoisotopic (exact) mass is 425 g/mol. The van der Waals surface area contributed by atoms with E-state index in [-0.39, 0.29) is 51.2 Å². The smallest absolute Gasteiger partial charge is 0.416 e. The van der Waals surface area contributed by atoms with Crippen LogP contribution in [0.15, 0.2) is 41.2 Å². The van der Waals surface area contributed by atoms with Gasteiger partial charge < -0.3 is 14.8 Å². The molecule has 0 aliphatic heterocycles. The summed E-state index contributed by atoms with van der Waals surface area (Å²) in [6.07, 6.45) is -4.88. The lowest BCUT2D eigenvalue weighted by Crippen LogP contribution is -2.17. The van der Waals surface area contributed by atoms with Gasteiger partial charge in [-0.1, -0.05) is 11.6 Å². The standard InChI is InChI=1S/C20H15ClF3NO4/c1-29-17(27)7-4-12-18(14-9-11(21)3-6-16(14)26)13-8-10(20(22,23)24)2-5-15(13)25-19(12)28/h2-3,5-6,8-9,26H,4,7H2,1H3,(H,25,28). The number of benzene rings is 2. The predicted molar refractivity (Wildman–Crippen MR) is 102 cm³/mol. The van der Waals surface area contributed by atoms with E-state index in [2.05, 4.69) is 9.72 Å². The number of H-pyrrole nitrogens is 1. The number of pyridine rings is 1. The molecule has 0 unspecified atom stereocenters. The van der Waals surface area contributed by atoms with Crippen LogP contribution < -0.4 is 5.56 Å². The average molecular weight is 426 g/mol. The van der Waals surface area contributed by atoms with E-state index < -0.39 is 23.3 Å². The molecule has 0 aliphatic rings. The molecule has 0 saturated heterocycles. The minimum absolute atomic E-state index is 0.0415. The van der Waals surface area contributed by atoms with Crippen LogP contribution in [0.1, 0.15) is 17.5 Å². The molecule has 2 aromatic carbocycles. The molecule has 0 atom stereocenters. The number of aromatic hydroxyl groups is 1. The van der Waals surface area contributed by atoms with Gasteiger partial charge in [-0.25, -0.2) is 0 Å². The van der Waals surface area contributed by atoms with Crippen LogP contribution in [0.25, 0.3) is 22.0 Å². The Bertz CT molecular complexity index is 1150. The quantitative estimate of drug-likeness (QED) is 0.595. The maximum atomic E-state index is 13.3. The first-order valence-corrected chi connectivity index (χ1v) is 8.81. The summed E-state index contributed by atoms with van der Waals surface area (Å²) >= 11 is 6.01. The molecular formula is C20H15ClF3NO4. The second kappa shape index (κ2) is 7.79. The van der Waals surface area contributed by atoms with Gasteiger partial charge in [0.2, 0.25) is 0 Å². The molecule has 3 rings (SSSR count). The fraction of sp³-hybridized carbons (Fsp3) is 0.200. The van der Waals surface area contributed by atoms with Gasteiger partial charge in [0.05, 0.1) is 12.7 Å². The molecule has 5 nitrogen and oxygen atoms in total. The molecule has 1 heterocycles. The Hall–Kier alpha value is -3.00. The lowest BCUT2D eigenvalue weighted by Gasteiger charge is -2.16. The Kier molecular flexibility index (Phi) is 5.57. The number of methoxy groups -OCH3 is 1. The maximum absolute atomic E-state index is 13.3. The third-order valence-electron chi connectivity index (χ3n) is 4.48. The molecule has 152 valence electrons. The van der Waals surface area contributed by atoms with Gasteiger partial charge in [0, 0.05) is 39.0 Å². The zero-order valence-corrected chi connectivity index (χ0v) is 15.8. The Labute approximate surface area is 167 Å². The summed E-state index contributed by atoms with van der Waals surface area (Å²) in [6.45, 7) is 0. The van der Waals surface area contributed by atoms with E-state index in [0.717, 1.165) is 18.2 Å². The molecule has 0 fully saturated rings. The van der Waals surface area contributed by atoms with Gasteiger partial charge in [0.25, 0.3) is 5.56 Å². The van der Waals surface area contributed by atoms with E-state index >= 15 is 0 Å². The van der Waals surface area contributed by atoms with Gasteiger partial charge in [0.1, 0.15) is 5.75 Å². The highest BCUT2D eigenvalue weighted by Crippen LogP contribution is 2.39. The van der Waals surface area contributed by atoms with E-state index in [0.29, 0.717) is 0 Å². The van der Waals surface area contributed by atoms with Crippen molar-refractivity contribution in [1.29, 1.82) is 0 Å². The second-order valence-electron chi connectivity index (χ2n) is 6.30. The van der Waals surface area contributed by atoms with Crippen LogP contribution in [-0.2, 0) is 22.1 Å². The van der Waals surface area contributed by atoms with Gasteiger partial charge in [-0.05, 0) is 42.8 Å². The average Bonchev–Trinajstić information content (AvgIpc) is 2.66. The van der Waals surface area contributed by atoms with Crippen molar-refractivity contribution < 1.29 is 27.8 Å². The van der Waals surface area contributed by atoms with Gasteiger partial charge in [-0.2, -0.15) is 13.2 Å². The number of carbonyl (C=O) groups excluding carboxylic acids is 1. The molecule has 2 N–H and O–H groups in total. The van der Waals surface area contributed by atoms with E-state index in [9.17, 15) is 27.9 Å². The number of nitrogens with one attached hydrogen (secondary N) is 1. The summed E-state index contributed by atoms with van der Waals surface area (Å²) in [4.78, 5) is 26.8. The molecule has 3 aromatic rings. The molecule has 9 heteroatoms. The Morgan fingerprint density at radius 1 is 1.21 bits per heavy atom. The van der Waals surface area contributed by atoms with E-state index in [4.69, 9.17) is 11.6 Å². The zero-order valence-electron chi connectivity index (χ0n) is 15.1. The van der Waals surface area contributed by atoms with E-state index in [1.54, 1.807) is 0 Å². The van der Waals surface area contributed by atoms with Crippen LogP contribution in [0.5, 0.6) is 5.75 Å². The van der Waals surface area contributed by atoms with Crippen LogP contribution in [-0.4, -0.2) is 23.2 Å². The molecule has 0 amide bonds. The summed E-state index contributed by atoms with van der Waals surface area (Å²) in [6, 6.07) is 6.94. The first kappa shape index (κ1) is 20.7. The molecule has 0 bridgehead atoms. The SMILES string of the molecule is COC(=O)CCc1c(-c2cc(Cl)ccc2O)c2cc(C(F)(F)F)ccc2[nH]c1=O. The molecule has 1 aromatic heterocycles. The number of phenols is 1. The Morgan fingerprint density at radius 2 is 1.93 bits per heavy atom. The maximum Gasteiger partial charge on any atom is 0.416 e. The number of hydrogen-bond acceptors (Lipinski definition) is 4. The Morgan fingerprint density at radius 3 is 2.59 bits per heavy atom. The van der Waals surface area contributed by atoms with Crippen LogP contribution >= 0.6 is 11.6 Å². The topological polar surface area (TPSA) is 79.4 Å². The highest BCUT2D eigenvalue weighted by atomic mass is 35.5. The van der Waals surface area contributed by atoms with Crippen molar-refractivity contribution in [3.63, 3.8) is 0 Å². The minimum Gasteiger partial charge on any atom is -0.507 e. The number of aromatic nitrogens is 1. The number of hydrogen-bond donors (Lipinski definition) is 2. The first-order valence-electron chi connectivity index (χ1n) is 8.43. The highest BCUT2D eigenvalue weighted by Gasteiger charge is 2.31. The highest BCUT2D eigenvalue weighted by molar-refractivity contribution is 6.31. The number of alkyl halides is 3. The van der Waals surface area contributed by atoms with Crippen molar-refractivity contribution in [1.82, 2.24) is 4.98 Å². The van der Waals surface area contributed by atoms with Crippen LogP contribution in [0, 0.1) is 0 Å². The van der Waals surface area contributed by atoms with Crippen LogP contribution in [0.4, 0.5) is 13.2 Å². The number of fused-ring (bicyclic) bond motifs is 1. The molecule has 0 aliphatic carbocycles. The molecule has 0 radical (unpaired) electrons. The van der Waals surface area contributed by atoms with Crippen molar-refractivity contribution in [3.05, 3.63) is 62.9 Å². The van der Waals surface area contributed by atoms with E-state index in [1.165, 1.54) is 25.3 Å². The largest absolute Gasteiger partial charge is 0.507 e. The molecule has 0 spiro atoms. The fourth-order valence-electron chi connectivity index (χ4n) is 3.09. The van der Waals surface area contributed by atoms with Crippen molar-refractivity contribution in [2.45, 2.75) is 19.0 Å². The number of aromatic amines is 1. The predicted octanol–water partition coefficient (Wildman–Crippen LogP) is 4.68. The van der Waals surface area contributed by atoms with Crippen molar-refractivity contribution in [3.8, 4) is 16.9 Å².